The van der Waals surface area contributed by atoms with Gasteiger partial charge in [-0.25, -0.2) is 4.39 Å². The molecule has 1 aliphatic rings. The molecule has 1 aliphatic heterocycles. The minimum atomic E-state index is -1.19. The Balaban J connectivity index is 2.84. The molecule has 1 fully saturated rings. The van der Waals surface area contributed by atoms with Crippen molar-refractivity contribution in [3.8, 4) is 6.07 Å². The summed E-state index contributed by atoms with van der Waals surface area (Å²) in [6.45, 7) is 4.34. The Morgan fingerprint density at radius 2 is 2.35 bits per heavy atom. The maximum Gasteiger partial charge on any atom is 0.236 e. The summed E-state index contributed by atoms with van der Waals surface area (Å²) < 4.78 is 19.2. The molecule has 0 spiro atoms. The number of hydrogen-bond acceptors (Lipinski definition) is 3. The number of alkyl halides is 1. The zero-order valence-electron chi connectivity index (χ0n) is 10.6. The van der Waals surface area contributed by atoms with E-state index in [9.17, 15) is 9.18 Å². The van der Waals surface area contributed by atoms with Crippen molar-refractivity contribution in [2.75, 3.05) is 20.2 Å². The molecule has 0 aliphatic carbocycles. The van der Waals surface area contributed by atoms with E-state index in [0.29, 0.717) is 6.54 Å². The van der Waals surface area contributed by atoms with Gasteiger partial charge in [-0.1, -0.05) is 13.8 Å². The van der Waals surface area contributed by atoms with Crippen LogP contribution in [0.1, 0.15) is 26.7 Å². The number of likely N-dealkylation sites (tertiary alicyclic amines) is 1. The molecular formula is C12H19FN2O2. The molecule has 0 radical (unpaired) electrons. The van der Waals surface area contributed by atoms with Crippen LogP contribution in [0, 0.1) is 16.7 Å². The van der Waals surface area contributed by atoms with E-state index in [1.54, 1.807) is 6.07 Å². The molecule has 17 heavy (non-hydrogen) atoms. The summed E-state index contributed by atoms with van der Waals surface area (Å²) in [5.41, 5.74) is -0.391. The van der Waals surface area contributed by atoms with Crippen LogP contribution in [0.5, 0.6) is 0 Å². The van der Waals surface area contributed by atoms with Crippen LogP contribution in [-0.4, -0.2) is 43.3 Å². The van der Waals surface area contributed by atoms with Crippen molar-refractivity contribution in [2.24, 2.45) is 5.41 Å². The van der Waals surface area contributed by atoms with Gasteiger partial charge in [0.1, 0.15) is 12.6 Å². The summed E-state index contributed by atoms with van der Waals surface area (Å²) in [5, 5.41) is 8.50. The summed E-state index contributed by atoms with van der Waals surface area (Å²) in [5.74, 6) is -0.302. The number of hydrogen-bond donors (Lipinski definition) is 0. The molecule has 1 amide bonds. The second-order valence-electron chi connectivity index (χ2n) is 4.79. The molecule has 1 unspecified atom stereocenters. The van der Waals surface area contributed by atoms with Crippen molar-refractivity contribution in [3.63, 3.8) is 0 Å². The predicted molar refractivity (Wildman–Crippen MR) is 60.9 cm³/mol. The van der Waals surface area contributed by atoms with Crippen LogP contribution >= 0.6 is 0 Å². The van der Waals surface area contributed by atoms with Crippen LogP contribution in [-0.2, 0) is 9.53 Å². The first-order chi connectivity index (χ1) is 7.98. The van der Waals surface area contributed by atoms with E-state index in [2.05, 4.69) is 0 Å². The number of carbonyl (C=O) groups excluding carboxylic acids is 1. The fraction of sp³-hybridized carbons (Fsp3) is 0.833. The SMILES string of the molecule is CCC1(C)CN(C(=O)CC#N)C[C@@H](F)[C@H]1OC. The lowest BCUT2D eigenvalue weighted by Gasteiger charge is -2.46. The van der Waals surface area contributed by atoms with Crippen molar-refractivity contribution >= 4 is 5.91 Å². The highest BCUT2D eigenvalue weighted by molar-refractivity contribution is 5.78. The van der Waals surface area contributed by atoms with Crippen LogP contribution in [0.25, 0.3) is 0 Å². The molecule has 3 atom stereocenters. The van der Waals surface area contributed by atoms with E-state index < -0.39 is 17.7 Å². The van der Waals surface area contributed by atoms with E-state index in [0.717, 1.165) is 6.42 Å². The summed E-state index contributed by atoms with van der Waals surface area (Å²) >= 11 is 0. The van der Waals surface area contributed by atoms with E-state index in [-0.39, 0.29) is 18.9 Å². The first kappa shape index (κ1) is 13.9. The molecule has 96 valence electrons. The molecule has 0 aromatic rings. The zero-order valence-corrected chi connectivity index (χ0v) is 10.6. The Bertz CT molecular complexity index is 329. The largest absolute Gasteiger partial charge is 0.378 e. The molecule has 0 N–H and O–H groups in total. The third kappa shape index (κ3) is 2.75. The lowest BCUT2D eigenvalue weighted by atomic mass is 9.76. The van der Waals surface area contributed by atoms with Gasteiger partial charge in [-0.3, -0.25) is 4.79 Å². The summed E-state index contributed by atoms with van der Waals surface area (Å²) in [6.07, 6.45) is -1.15. The molecule has 0 bridgehead atoms. The Kier molecular flexibility index (Phi) is 4.47. The quantitative estimate of drug-likeness (QED) is 0.753. The molecule has 0 aromatic heterocycles. The lowest BCUT2D eigenvalue weighted by Crippen LogP contribution is -2.58. The van der Waals surface area contributed by atoms with Crippen molar-refractivity contribution in [2.45, 2.75) is 39.0 Å². The van der Waals surface area contributed by atoms with Gasteiger partial charge in [0, 0.05) is 19.1 Å². The predicted octanol–water partition coefficient (Wildman–Crippen LogP) is 1.51. The van der Waals surface area contributed by atoms with Crippen LogP contribution in [0.3, 0.4) is 0 Å². The highest BCUT2D eigenvalue weighted by Gasteiger charge is 2.46. The minimum Gasteiger partial charge on any atom is -0.378 e. The summed E-state index contributed by atoms with van der Waals surface area (Å²) in [4.78, 5) is 13.1. The zero-order chi connectivity index (χ0) is 13.1. The summed E-state index contributed by atoms with van der Waals surface area (Å²) in [6, 6.07) is 1.81. The number of amides is 1. The summed E-state index contributed by atoms with van der Waals surface area (Å²) in [7, 11) is 1.50. The number of ether oxygens (including phenoxy) is 1. The molecular weight excluding hydrogens is 223 g/mol. The number of piperidine rings is 1. The first-order valence-electron chi connectivity index (χ1n) is 5.80. The Morgan fingerprint density at radius 1 is 1.71 bits per heavy atom. The number of methoxy groups -OCH3 is 1. The normalized spacial score (nSPS) is 33.2. The van der Waals surface area contributed by atoms with Gasteiger partial charge in [-0.15, -0.1) is 0 Å². The molecule has 1 saturated heterocycles. The topological polar surface area (TPSA) is 53.3 Å². The van der Waals surface area contributed by atoms with Crippen molar-refractivity contribution in [3.05, 3.63) is 0 Å². The number of carbonyl (C=O) groups is 1. The minimum absolute atomic E-state index is 0.0224. The number of rotatable bonds is 3. The Morgan fingerprint density at radius 3 is 2.82 bits per heavy atom. The second kappa shape index (κ2) is 5.46. The van der Waals surface area contributed by atoms with Gasteiger partial charge in [0.2, 0.25) is 5.91 Å². The van der Waals surface area contributed by atoms with E-state index in [4.69, 9.17) is 10.00 Å². The van der Waals surface area contributed by atoms with Gasteiger partial charge in [0.25, 0.3) is 0 Å². The number of halogens is 1. The van der Waals surface area contributed by atoms with Crippen molar-refractivity contribution in [1.82, 2.24) is 4.90 Å². The first-order valence-corrected chi connectivity index (χ1v) is 5.80. The van der Waals surface area contributed by atoms with Crippen molar-refractivity contribution < 1.29 is 13.9 Å². The molecule has 4 nitrogen and oxygen atoms in total. The van der Waals surface area contributed by atoms with E-state index in [1.165, 1.54) is 12.0 Å². The maximum absolute atomic E-state index is 14.0. The molecule has 0 aromatic carbocycles. The average molecular weight is 242 g/mol. The highest BCUT2D eigenvalue weighted by atomic mass is 19.1. The van der Waals surface area contributed by atoms with Gasteiger partial charge >= 0.3 is 0 Å². The number of nitrogens with zero attached hydrogens (tertiary/aromatic N) is 2. The van der Waals surface area contributed by atoms with Gasteiger partial charge in [0.15, 0.2) is 0 Å². The molecule has 1 heterocycles. The third-order valence-electron chi connectivity index (χ3n) is 3.61. The third-order valence-corrected chi connectivity index (χ3v) is 3.61. The lowest BCUT2D eigenvalue weighted by molar-refractivity contribution is -0.148. The molecule has 0 saturated carbocycles. The second-order valence-corrected chi connectivity index (χ2v) is 4.79. The van der Waals surface area contributed by atoms with Crippen LogP contribution in [0.4, 0.5) is 4.39 Å². The van der Waals surface area contributed by atoms with Crippen molar-refractivity contribution in [1.29, 1.82) is 5.26 Å². The highest BCUT2D eigenvalue weighted by Crippen LogP contribution is 2.36. The molecule has 5 heteroatoms. The fourth-order valence-corrected chi connectivity index (χ4v) is 2.45. The molecule has 1 rings (SSSR count). The number of nitriles is 1. The standard InChI is InChI=1S/C12H19FN2O2/c1-4-12(2)8-15(10(16)5-6-14)7-9(13)11(12)17-3/h9,11H,4-5,7-8H2,1-3H3/t9-,11-,12?/m1/s1. The van der Waals surface area contributed by atoms with Crippen LogP contribution in [0.2, 0.25) is 0 Å². The van der Waals surface area contributed by atoms with Crippen LogP contribution in [0.15, 0.2) is 0 Å². The maximum atomic E-state index is 14.0. The Labute approximate surface area is 101 Å². The van der Waals surface area contributed by atoms with Gasteiger partial charge in [0.05, 0.1) is 18.7 Å². The fourth-order valence-electron chi connectivity index (χ4n) is 2.45. The smallest absolute Gasteiger partial charge is 0.236 e. The van der Waals surface area contributed by atoms with E-state index >= 15 is 0 Å². The monoisotopic (exact) mass is 242 g/mol. The average Bonchev–Trinajstić information content (AvgIpc) is 2.29. The van der Waals surface area contributed by atoms with E-state index in [1.807, 2.05) is 13.8 Å². The van der Waals surface area contributed by atoms with Gasteiger partial charge < -0.3 is 9.64 Å². The van der Waals surface area contributed by atoms with Gasteiger partial charge in [-0.05, 0) is 6.42 Å². The van der Waals surface area contributed by atoms with Gasteiger partial charge in [-0.2, -0.15) is 5.26 Å². The van der Waals surface area contributed by atoms with Crippen LogP contribution < -0.4 is 0 Å². The Hall–Kier alpha value is -1.15.